The van der Waals surface area contributed by atoms with Crippen molar-refractivity contribution in [3.63, 3.8) is 0 Å². The maximum Gasteiger partial charge on any atom is 0.268 e. The van der Waals surface area contributed by atoms with Crippen molar-refractivity contribution in [3.8, 4) is 0 Å². The number of aromatic nitrogens is 2. The van der Waals surface area contributed by atoms with E-state index in [0.717, 1.165) is 5.56 Å². The zero-order valence-corrected chi connectivity index (χ0v) is 17.8. The van der Waals surface area contributed by atoms with Crippen molar-refractivity contribution in [1.29, 1.82) is 0 Å². The third-order valence-corrected chi connectivity index (χ3v) is 5.56. The van der Waals surface area contributed by atoms with Gasteiger partial charge in [0.15, 0.2) is 0 Å². The lowest BCUT2D eigenvalue weighted by molar-refractivity contribution is -0.0346. The number of benzene rings is 2. The Morgan fingerprint density at radius 1 is 1.16 bits per heavy atom. The summed E-state index contributed by atoms with van der Waals surface area (Å²) >= 11 is 6.03. The monoisotopic (exact) mass is 459 g/mol. The highest BCUT2D eigenvalue weighted by Crippen LogP contribution is 2.32. The van der Waals surface area contributed by atoms with Crippen LogP contribution >= 0.6 is 11.6 Å². The third kappa shape index (κ3) is 4.88. The first-order valence-corrected chi connectivity index (χ1v) is 11.0. The van der Waals surface area contributed by atoms with Crippen LogP contribution in [0.5, 0.6) is 0 Å². The summed E-state index contributed by atoms with van der Waals surface area (Å²) in [5, 5.41) is 8.73. The molecule has 1 aliphatic heterocycles. The largest absolute Gasteiger partial charge is 0.453 e. The van der Waals surface area contributed by atoms with E-state index >= 15 is 0 Å². The zero-order chi connectivity index (χ0) is 22.0. The fraction of sp³-hybridized carbons (Fsp3) is 0.100. The van der Waals surface area contributed by atoms with Crippen LogP contribution in [0.2, 0.25) is 5.02 Å². The summed E-state index contributed by atoms with van der Waals surface area (Å²) in [7, 11) is -1.97. The number of rotatable bonds is 6. The Bertz CT molecular complexity index is 1230. The van der Waals surface area contributed by atoms with Crippen LogP contribution in [0.15, 0.2) is 77.8 Å². The van der Waals surface area contributed by atoms with Crippen LogP contribution in [0.1, 0.15) is 11.9 Å². The van der Waals surface area contributed by atoms with E-state index in [1.54, 1.807) is 48.5 Å². The standard InChI is InChI=1S/C20H18ClN5O4S/c1-26(18-12-29-19(30-18)13-3-2-4-14(21)11-13)17-9-10-23-20(25-17)24-15-5-7-16(8-6-15)31(22,27)28/h2-12,19H,1H3,(H2,22,27,28)(H,23,24,25). The quantitative estimate of drug-likeness (QED) is 0.574. The summed E-state index contributed by atoms with van der Waals surface area (Å²) in [5.74, 6) is 1.34. The molecule has 0 radical (unpaired) electrons. The molecule has 1 aliphatic rings. The zero-order valence-electron chi connectivity index (χ0n) is 16.3. The highest BCUT2D eigenvalue weighted by atomic mass is 35.5. The van der Waals surface area contributed by atoms with Gasteiger partial charge in [0.05, 0.1) is 4.90 Å². The molecule has 0 saturated carbocycles. The number of hydrogen-bond donors (Lipinski definition) is 2. The number of ether oxygens (including phenoxy) is 2. The van der Waals surface area contributed by atoms with Gasteiger partial charge in [0.25, 0.3) is 6.29 Å². The lowest BCUT2D eigenvalue weighted by atomic mass is 10.2. The SMILES string of the molecule is CN(C1=COC(c2cccc(Cl)c2)O1)c1ccnc(Nc2ccc(S(N)(=O)=O)cc2)n1. The minimum absolute atomic E-state index is 0.0204. The summed E-state index contributed by atoms with van der Waals surface area (Å²) in [6.45, 7) is 0. The van der Waals surface area contributed by atoms with E-state index in [1.165, 1.54) is 18.4 Å². The van der Waals surface area contributed by atoms with Gasteiger partial charge in [-0.3, -0.25) is 4.90 Å². The molecule has 160 valence electrons. The molecule has 0 spiro atoms. The average Bonchev–Trinajstić information content (AvgIpc) is 3.23. The fourth-order valence-electron chi connectivity index (χ4n) is 2.81. The summed E-state index contributed by atoms with van der Waals surface area (Å²) in [4.78, 5) is 10.4. The number of primary sulfonamides is 1. The summed E-state index contributed by atoms with van der Waals surface area (Å²) in [6, 6.07) is 14.9. The number of hydrogen-bond acceptors (Lipinski definition) is 8. The second-order valence-electron chi connectivity index (χ2n) is 6.59. The van der Waals surface area contributed by atoms with Crippen molar-refractivity contribution in [1.82, 2.24) is 9.97 Å². The first-order valence-electron chi connectivity index (χ1n) is 9.04. The summed E-state index contributed by atoms with van der Waals surface area (Å²) in [5.41, 5.74) is 1.40. The number of halogens is 1. The molecule has 11 heteroatoms. The lowest BCUT2D eigenvalue weighted by Gasteiger charge is -2.20. The van der Waals surface area contributed by atoms with E-state index in [0.29, 0.717) is 28.4 Å². The van der Waals surface area contributed by atoms with E-state index in [4.69, 9.17) is 26.2 Å². The van der Waals surface area contributed by atoms with E-state index in [2.05, 4.69) is 15.3 Å². The second kappa shape index (κ2) is 8.42. The molecule has 4 rings (SSSR count). The van der Waals surface area contributed by atoms with Crippen LogP contribution in [-0.2, 0) is 19.5 Å². The molecule has 1 unspecified atom stereocenters. The Morgan fingerprint density at radius 3 is 2.65 bits per heavy atom. The van der Waals surface area contributed by atoms with E-state index in [9.17, 15) is 8.42 Å². The maximum absolute atomic E-state index is 11.4. The molecule has 3 N–H and O–H groups in total. The Balaban J connectivity index is 1.45. The van der Waals surface area contributed by atoms with Gasteiger partial charge < -0.3 is 14.8 Å². The Labute approximate surface area is 184 Å². The van der Waals surface area contributed by atoms with E-state index in [-0.39, 0.29) is 4.90 Å². The van der Waals surface area contributed by atoms with Gasteiger partial charge >= 0.3 is 0 Å². The Hall–Kier alpha value is -3.34. The Kier molecular flexibility index (Phi) is 5.68. The first-order chi connectivity index (χ1) is 14.8. The lowest BCUT2D eigenvalue weighted by Crippen LogP contribution is -2.19. The van der Waals surface area contributed by atoms with Gasteiger partial charge in [0, 0.05) is 29.5 Å². The molecule has 1 atom stereocenters. The van der Waals surface area contributed by atoms with Gasteiger partial charge in [-0.05, 0) is 42.5 Å². The van der Waals surface area contributed by atoms with Gasteiger partial charge in [-0.25, -0.2) is 18.5 Å². The second-order valence-corrected chi connectivity index (χ2v) is 8.59. The van der Waals surface area contributed by atoms with Gasteiger partial charge in [-0.15, -0.1) is 0 Å². The van der Waals surface area contributed by atoms with Crippen LogP contribution in [-0.4, -0.2) is 25.4 Å². The van der Waals surface area contributed by atoms with Gasteiger partial charge in [-0.1, -0.05) is 23.7 Å². The van der Waals surface area contributed by atoms with E-state index < -0.39 is 16.3 Å². The number of nitrogens with two attached hydrogens (primary N) is 1. The van der Waals surface area contributed by atoms with Crippen molar-refractivity contribution < 1.29 is 17.9 Å². The van der Waals surface area contributed by atoms with Gasteiger partial charge in [0.1, 0.15) is 12.1 Å². The predicted molar refractivity (Wildman–Crippen MR) is 116 cm³/mol. The number of nitrogens with one attached hydrogen (secondary N) is 1. The molecule has 0 bridgehead atoms. The average molecular weight is 460 g/mol. The van der Waals surface area contributed by atoms with Gasteiger partial charge in [-0.2, -0.15) is 4.98 Å². The number of nitrogens with zero attached hydrogens (tertiary/aromatic N) is 3. The van der Waals surface area contributed by atoms with Crippen molar-refractivity contribution in [2.24, 2.45) is 5.14 Å². The van der Waals surface area contributed by atoms with Crippen LogP contribution in [0.4, 0.5) is 17.5 Å². The van der Waals surface area contributed by atoms with Crippen LogP contribution in [0.3, 0.4) is 0 Å². The smallest absolute Gasteiger partial charge is 0.268 e. The van der Waals surface area contributed by atoms with Crippen LogP contribution in [0, 0.1) is 0 Å². The third-order valence-electron chi connectivity index (χ3n) is 4.40. The molecule has 9 nitrogen and oxygen atoms in total. The highest BCUT2D eigenvalue weighted by Gasteiger charge is 2.25. The van der Waals surface area contributed by atoms with E-state index in [1.807, 2.05) is 12.1 Å². The molecule has 1 aromatic heterocycles. The molecular weight excluding hydrogens is 442 g/mol. The molecule has 2 aromatic carbocycles. The number of sulfonamides is 1. The topological polar surface area (TPSA) is 120 Å². The molecule has 3 aromatic rings. The fourth-order valence-corrected chi connectivity index (χ4v) is 3.52. The summed E-state index contributed by atoms with van der Waals surface area (Å²) < 4.78 is 34.2. The normalized spacial score (nSPS) is 15.6. The van der Waals surface area contributed by atoms with Gasteiger partial charge in [0.2, 0.25) is 21.9 Å². The maximum atomic E-state index is 11.4. The molecular formula is C20H18ClN5O4S. The van der Waals surface area contributed by atoms with Crippen molar-refractivity contribution in [3.05, 3.63) is 83.5 Å². The predicted octanol–water partition coefficient (Wildman–Crippen LogP) is 3.50. The summed E-state index contributed by atoms with van der Waals surface area (Å²) in [6.07, 6.45) is 2.49. The van der Waals surface area contributed by atoms with Crippen molar-refractivity contribution >= 4 is 39.1 Å². The molecule has 2 heterocycles. The highest BCUT2D eigenvalue weighted by molar-refractivity contribution is 7.89. The van der Waals surface area contributed by atoms with Crippen LogP contribution in [0.25, 0.3) is 0 Å². The van der Waals surface area contributed by atoms with Crippen molar-refractivity contribution in [2.75, 3.05) is 17.3 Å². The molecule has 0 amide bonds. The van der Waals surface area contributed by atoms with Crippen LogP contribution < -0.4 is 15.4 Å². The minimum Gasteiger partial charge on any atom is -0.453 e. The molecule has 0 saturated heterocycles. The molecule has 0 fully saturated rings. The molecule has 31 heavy (non-hydrogen) atoms. The first kappa shape index (κ1) is 20.9. The Morgan fingerprint density at radius 2 is 1.94 bits per heavy atom. The minimum atomic E-state index is -3.75. The number of anilines is 3. The van der Waals surface area contributed by atoms with Crippen molar-refractivity contribution in [2.45, 2.75) is 11.2 Å². The molecule has 0 aliphatic carbocycles.